The summed E-state index contributed by atoms with van der Waals surface area (Å²) in [6.07, 6.45) is 11.3. The maximum Gasteiger partial charge on any atom is 0.258 e. The van der Waals surface area contributed by atoms with E-state index in [-0.39, 0.29) is 5.91 Å². The SMILES string of the molecule is CC1(S(=O)(=O)Nc2ccc3c(c2)N2CCC(C/C=C/CCNc4nccc(n4)NC3=O)CC2)CC1. The molecule has 2 fully saturated rings. The van der Waals surface area contributed by atoms with Gasteiger partial charge in [0.1, 0.15) is 5.82 Å². The third kappa shape index (κ3) is 5.27. The van der Waals surface area contributed by atoms with Gasteiger partial charge in [0.2, 0.25) is 16.0 Å². The van der Waals surface area contributed by atoms with Crippen LogP contribution in [0.3, 0.4) is 0 Å². The van der Waals surface area contributed by atoms with E-state index in [4.69, 9.17) is 0 Å². The molecule has 0 atom stereocenters. The first-order valence-corrected chi connectivity index (χ1v) is 13.8. The first kappa shape index (κ1) is 23.6. The summed E-state index contributed by atoms with van der Waals surface area (Å²) < 4.78 is 27.7. The van der Waals surface area contributed by atoms with Crippen molar-refractivity contribution >= 4 is 39.1 Å². The zero-order valence-electron chi connectivity index (χ0n) is 20.0. The summed E-state index contributed by atoms with van der Waals surface area (Å²) in [4.78, 5) is 24.2. The summed E-state index contributed by atoms with van der Waals surface area (Å²) >= 11 is 0. The molecule has 4 bridgehead atoms. The van der Waals surface area contributed by atoms with Crippen molar-refractivity contribution in [1.29, 1.82) is 0 Å². The Morgan fingerprint density at radius 3 is 2.71 bits per heavy atom. The van der Waals surface area contributed by atoms with Gasteiger partial charge in [0, 0.05) is 25.8 Å². The van der Waals surface area contributed by atoms with Gasteiger partial charge in [-0.15, -0.1) is 0 Å². The number of hydrogen-bond donors (Lipinski definition) is 3. The maximum absolute atomic E-state index is 13.3. The molecule has 3 N–H and O–H groups in total. The van der Waals surface area contributed by atoms with E-state index in [1.54, 1.807) is 37.4 Å². The molecule has 1 saturated heterocycles. The third-order valence-corrected chi connectivity index (χ3v) is 9.39. The minimum Gasteiger partial charge on any atom is -0.371 e. The number of anilines is 4. The van der Waals surface area contributed by atoms with E-state index >= 15 is 0 Å². The number of carbonyl (C=O) groups is 1. The summed E-state index contributed by atoms with van der Waals surface area (Å²) in [5.41, 5.74) is 1.70. The Balaban J connectivity index is 1.47. The van der Waals surface area contributed by atoms with Crippen LogP contribution in [0.5, 0.6) is 0 Å². The molecule has 1 aromatic heterocycles. The van der Waals surface area contributed by atoms with Gasteiger partial charge in [-0.05, 0) is 75.6 Å². The molecule has 10 heteroatoms. The number of hydrogen-bond acceptors (Lipinski definition) is 7. The number of nitrogens with one attached hydrogen (secondary N) is 3. The molecule has 186 valence electrons. The second kappa shape index (κ2) is 9.49. The molecule has 1 saturated carbocycles. The van der Waals surface area contributed by atoms with Crippen LogP contribution in [0.4, 0.5) is 23.1 Å². The number of sulfonamides is 1. The molecular formula is C25H32N6O3S. The Hall–Kier alpha value is -3.14. The Kier molecular flexibility index (Phi) is 6.39. The number of nitrogens with zero attached hydrogens (tertiary/aromatic N) is 3. The van der Waals surface area contributed by atoms with Crippen LogP contribution in [-0.2, 0) is 10.0 Å². The van der Waals surface area contributed by atoms with E-state index in [0.717, 1.165) is 44.5 Å². The van der Waals surface area contributed by atoms with Gasteiger partial charge in [0.25, 0.3) is 5.91 Å². The van der Waals surface area contributed by atoms with Crippen LogP contribution in [0.25, 0.3) is 0 Å². The van der Waals surface area contributed by atoms with Crippen molar-refractivity contribution in [2.45, 2.75) is 50.2 Å². The number of fused-ring (bicyclic) bond motifs is 7. The van der Waals surface area contributed by atoms with Gasteiger partial charge in [-0.2, -0.15) is 4.98 Å². The lowest BCUT2D eigenvalue weighted by molar-refractivity contribution is 0.102. The third-order valence-electron chi connectivity index (χ3n) is 7.18. The standard InChI is InChI=1S/C25H32N6O3S/c1-25(11-12-25)35(33,34)30-19-6-7-20-21(17-19)31-15-9-18(10-16-31)5-3-2-4-13-26-24-27-14-8-22(29-24)28-23(20)32/h2-3,6-8,14,17-18,30H,4-5,9-13,15-16H2,1H3,(H2,26,27,28,29,32)/b3-2+. The lowest BCUT2D eigenvalue weighted by Crippen LogP contribution is -2.35. The molecular weight excluding hydrogens is 464 g/mol. The summed E-state index contributed by atoms with van der Waals surface area (Å²) in [7, 11) is -3.49. The smallest absolute Gasteiger partial charge is 0.258 e. The molecule has 0 radical (unpaired) electrons. The van der Waals surface area contributed by atoms with E-state index in [1.807, 2.05) is 0 Å². The summed E-state index contributed by atoms with van der Waals surface area (Å²) in [5.74, 6) is 1.17. The van der Waals surface area contributed by atoms with Gasteiger partial charge in [-0.25, -0.2) is 13.4 Å². The zero-order chi connectivity index (χ0) is 24.5. The van der Waals surface area contributed by atoms with Crippen molar-refractivity contribution in [3.8, 4) is 0 Å². The molecule has 2 aromatic rings. The van der Waals surface area contributed by atoms with Crippen LogP contribution in [0.15, 0.2) is 42.6 Å². The highest BCUT2D eigenvalue weighted by molar-refractivity contribution is 7.94. The number of carbonyl (C=O) groups excluding carboxylic acids is 1. The largest absolute Gasteiger partial charge is 0.371 e. The summed E-state index contributed by atoms with van der Waals surface area (Å²) in [6, 6.07) is 6.80. The second-order valence-electron chi connectivity index (χ2n) is 9.86. The van der Waals surface area contributed by atoms with E-state index in [1.165, 1.54) is 0 Å². The summed E-state index contributed by atoms with van der Waals surface area (Å²) in [6.45, 7) is 4.10. The fourth-order valence-corrected chi connectivity index (χ4v) is 5.88. The molecule has 1 amide bonds. The average molecular weight is 497 g/mol. The molecule has 0 spiro atoms. The molecule has 9 nitrogen and oxygen atoms in total. The monoisotopic (exact) mass is 496 g/mol. The number of aromatic nitrogens is 2. The van der Waals surface area contributed by atoms with Crippen molar-refractivity contribution in [3.05, 3.63) is 48.2 Å². The predicted octanol–water partition coefficient (Wildman–Crippen LogP) is 4.00. The quantitative estimate of drug-likeness (QED) is 0.550. The fraction of sp³-hybridized carbons (Fsp3) is 0.480. The molecule has 1 aliphatic carbocycles. The van der Waals surface area contributed by atoms with Gasteiger partial charge in [0.15, 0.2) is 0 Å². The van der Waals surface area contributed by atoms with Gasteiger partial charge >= 0.3 is 0 Å². The molecule has 4 aliphatic rings. The minimum atomic E-state index is -3.49. The topological polar surface area (TPSA) is 116 Å². The van der Waals surface area contributed by atoms with Crippen LogP contribution >= 0.6 is 0 Å². The van der Waals surface area contributed by atoms with E-state index in [0.29, 0.717) is 48.3 Å². The van der Waals surface area contributed by atoms with Crippen LogP contribution in [-0.4, -0.2) is 48.7 Å². The van der Waals surface area contributed by atoms with Gasteiger partial charge in [-0.1, -0.05) is 12.2 Å². The van der Waals surface area contributed by atoms with Crippen molar-refractivity contribution in [1.82, 2.24) is 9.97 Å². The van der Waals surface area contributed by atoms with Crippen LogP contribution in [0, 0.1) is 5.92 Å². The lowest BCUT2D eigenvalue weighted by atomic mass is 9.92. The zero-order valence-corrected chi connectivity index (χ0v) is 20.8. The lowest BCUT2D eigenvalue weighted by Gasteiger charge is -2.34. The number of piperidine rings is 1. The summed E-state index contributed by atoms with van der Waals surface area (Å²) in [5, 5.41) is 6.08. The van der Waals surface area contributed by atoms with Crippen LogP contribution < -0.4 is 20.3 Å². The fourth-order valence-electron chi connectivity index (χ4n) is 4.55. The first-order chi connectivity index (χ1) is 16.8. The average Bonchev–Trinajstić information content (AvgIpc) is 3.60. The van der Waals surface area contributed by atoms with E-state index in [9.17, 15) is 13.2 Å². The van der Waals surface area contributed by atoms with Crippen LogP contribution in [0.1, 0.15) is 55.8 Å². The second-order valence-corrected chi connectivity index (χ2v) is 12.1. The minimum absolute atomic E-state index is 0.290. The Morgan fingerprint density at radius 1 is 1.14 bits per heavy atom. The number of benzene rings is 1. The molecule has 4 heterocycles. The van der Waals surface area contributed by atoms with E-state index in [2.05, 4.69) is 42.4 Å². The number of allylic oxidation sites excluding steroid dienone is 1. The highest BCUT2D eigenvalue weighted by Crippen LogP contribution is 2.43. The van der Waals surface area contributed by atoms with Crippen molar-refractivity contribution < 1.29 is 13.2 Å². The Morgan fingerprint density at radius 2 is 1.94 bits per heavy atom. The maximum atomic E-state index is 13.3. The van der Waals surface area contributed by atoms with Crippen molar-refractivity contribution in [3.63, 3.8) is 0 Å². The predicted molar refractivity (Wildman–Crippen MR) is 138 cm³/mol. The Labute approximate surface area is 206 Å². The number of amides is 1. The first-order valence-electron chi connectivity index (χ1n) is 12.3. The number of rotatable bonds is 3. The van der Waals surface area contributed by atoms with Crippen LogP contribution in [0.2, 0.25) is 0 Å². The highest BCUT2D eigenvalue weighted by atomic mass is 32.2. The molecule has 1 aromatic carbocycles. The van der Waals surface area contributed by atoms with Gasteiger partial charge in [0.05, 0.1) is 21.7 Å². The Bertz CT molecular complexity index is 1230. The van der Waals surface area contributed by atoms with Gasteiger partial charge < -0.3 is 15.5 Å². The molecule has 3 aliphatic heterocycles. The van der Waals surface area contributed by atoms with E-state index < -0.39 is 14.8 Å². The van der Waals surface area contributed by atoms with Crippen molar-refractivity contribution in [2.24, 2.45) is 5.92 Å². The normalized spacial score (nSPS) is 21.3. The highest BCUT2D eigenvalue weighted by Gasteiger charge is 2.50. The molecule has 35 heavy (non-hydrogen) atoms. The molecule has 0 unspecified atom stereocenters. The molecule has 6 rings (SSSR count). The van der Waals surface area contributed by atoms with Gasteiger partial charge in [-0.3, -0.25) is 9.52 Å². The van der Waals surface area contributed by atoms with Crippen molar-refractivity contribution in [2.75, 3.05) is 39.9 Å².